The zero-order valence-corrected chi connectivity index (χ0v) is 21.0. The molecule has 0 saturated carbocycles. The average Bonchev–Trinajstić information content (AvgIpc) is 3.66. The topological polar surface area (TPSA) is 133 Å². The summed E-state index contributed by atoms with van der Waals surface area (Å²) in [5.41, 5.74) is 2.99. The number of aryl methyl sites for hydroxylation is 1. The lowest BCUT2D eigenvalue weighted by Crippen LogP contribution is -2.22. The van der Waals surface area contributed by atoms with Gasteiger partial charge in [0.25, 0.3) is 0 Å². The van der Waals surface area contributed by atoms with Gasteiger partial charge in [0.15, 0.2) is 23.0 Å². The zero-order valence-electron chi connectivity index (χ0n) is 21.0. The van der Waals surface area contributed by atoms with Crippen molar-refractivity contribution < 1.29 is 9.47 Å². The highest BCUT2D eigenvalue weighted by Gasteiger charge is 2.28. The number of aromatic nitrogens is 8. The Kier molecular flexibility index (Phi) is 5.31. The Hall–Kier alpha value is -4.50. The molecule has 188 valence electrons. The SMILES string of the molecule is Cn1c(Nc2cc(C(C)(C)C)n(C3CCOC3)n2)nc2ncc(Oc3cnn4ccncc34)c(C#N)c21. The van der Waals surface area contributed by atoms with E-state index in [9.17, 15) is 5.26 Å². The number of pyridine rings is 1. The normalized spacial score (nSPS) is 15.9. The van der Waals surface area contributed by atoms with Gasteiger partial charge in [0.2, 0.25) is 5.95 Å². The minimum atomic E-state index is -0.0999. The minimum absolute atomic E-state index is 0.0999. The molecule has 1 saturated heterocycles. The van der Waals surface area contributed by atoms with E-state index in [4.69, 9.17) is 14.6 Å². The van der Waals surface area contributed by atoms with Gasteiger partial charge in [-0.25, -0.2) is 9.50 Å². The lowest BCUT2D eigenvalue weighted by Gasteiger charge is -2.22. The molecule has 0 spiro atoms. The van der Waals surface area contributed by atoms with Gasteiger partial charge in [-0.05, 0) is 6.42 Å². The molecule has 12 heteroatoms. The average molecular weight is 499 g/mol. The van der Waals surface area contributed by atoms with Crippen LogP contribution in [0.2, 0.25) is 0 Å². The number of nitrogens with zero attached hydrogens (tertiary/aromatic N) is 9. The van der Waals surface area contributed by atoms with Crippen LogP contribution in [0.15, 0.2) is 37.1 Å². The number of nitriles is 1. The Morgan fingerprint density at radius 1 is 1.22 bits per heavy atom. The predicted molar refractivity (Wildman–Crippen MR) is 135 cm³/mol. The maximum Gasteiger partial charge on any atom is 0.210 e. The Labute approximate surface area is 212 Å². The Bertz CT molecular complexity index is 1660. The van der Waals surface area contributed by atoms with E-state index in [1.54, 1.807) is 33.9 Å². The highest BCUT2D eigenvalue weighted by atomic mass is 16.5. The lowest BCUT2D eigenvalue weighted by molar-refractivity contribution is 0.183. The quantitative estimate of drug-likeness (QED) is 0.383. The Morgan fingerprint density at radius 3 is 2.84 bits per heavy atom. The Balaban J connectivity index is 1.37. The summed E-state index contributed by atoms with van der Waals surface area (Å²) in [5, 5.41) is 22.5. The maximum absolute atomic E-state index is 10.1. The molecule has 5 aromatic heterocycles. The summed E-state index contributed by atoms with van der Waals surface area (Å²) in [6.45, 7) is 7.89. The number of imidazole rings is 1. The molecular weight excluding hydrogens is 472 g/mol. The van der Waals surface area contributed by atoms with Gasteiger partial charge in [-0.15, -0.1) is 0 Å². The van der Waals surface area contributed by atoms with Crippen molar-refractivity contribution in [3.63, 3.8) is 0 Å². The summed E-state index contributed by atoms with van der Waals surface area (Å²) in [4.78, 5) is 13.2. The number of hydrogen-bond acceptors (Lipinski definition) is 9. The van der Waals surface area contributed by atoms with Gasteiger partial charge < -0.3 is 19.4 Å². The molecule has 37 heavy (non-hydrogen) atoms. The van der Waals surface area contributed by atoms with Gasteiger partial charge in [-0.1, -0.05) is 20.8 Å². The summed E-state index contributed by atoms with van der Waals surface area (Å²) in [5.74, 6) is 1.97. The highest BCUT2D eigenvalue weighted by molar-refractivity contribution is 5.84. The number of fused-ring (bicyclic) bond motifs is 2. The summed E-state index contributed by atoms with van der Waals surface area (Å²) in [6, 6.07) is 4.50. The van der Waals surface area contributed by atoms with E-state index in [0.717, 1.165) is 18.7 Å². The third-order valence-corrected chi connectivity index (χ3v) is 6.48. The van der Waals surface area contributed by atoms with Gasteiger partial charge in [0, 0.05) is 43.2 Å². The summed E-state index contributed by atoms with van der Waals surface area (Å²) in [7, 11) is 1.83. The van der Waals surface area contributed by atoms with Crippen LogP contribution in [0, 0.1) is 11.3 Å². The standard InChI is InChI=1S/C25H26N10O2/c1-25(2,3)20-9-21(32-35(20)15-5-8-36-14-15)30-24-31-23-22(33(24)4)16(10-26)18(12-28-23)37-19-13-29-34-7-6-27-11-17(19)34/h6-7,9,11-13,15H,5,8,14H2,1-4H3,(H,28,30,31,32). The molecule has 1 unspecified atom stereocenters. The number of hydrogen-bond donors (Lipinski definition) is 1. The first-order valence-electron chi connectivity index (χ1n) is 12.0. The van der Waals surface area contributed by atoms with E-state index >= 15 is 0 Å². The van der Waals surface area contributed by atoms with Crippen molar-refractivity contribution in [2.24, 2.45) is 7.05 Å². The maximum atomic E-state index is 10.1. The second-order valence-corrected chi connectivity index (χ2v) is 10.0. The van der Waals surface area contributed by atoms with Crippen LogP contribution in [0.4, 0.5) is 11.8 Å². The van der Waals surface area contributed by atoms with Crippen LogP contribution in [0.1, 0.15) is 44.5 Å². The van der Waals surface area contributed by atoms with Crippen LogP contribution in [-0.2, 0) is 17.2 Å². The summed E-state index contributed by atoms with van der Waals surface area (Å²) in [6.07, 6.45) is 9.02. The van der Waals surface area contributed by atoms with Crippen molar-refractivity contribution >= 4 is 28.4 Å². The molecule has 0 radical (unpaired) electrons. The van der Waals surface area contributed by atoms with Crippen molar-refractivity contribution in [3.8, 4) is 17.6 Å². The molecule has 6 heterocycles. The molecule has 6 rings (SSSR count). The number of nitrogens with one attached hydrogen (secondary N) is 1. The third kappa shape index (κ3) is 3.93. The second kappa shape index (κ2) is 8.56. The van der Waals surface area contributed by atoms with Gasteiger partial charge in [-0.2, -0.15) is 20.4 Å². The molecule has 1 N–H and O–H groups in total. The van der Waals surface area contributed by atoms with E-state index in [1.807, 2.05) is 13.1 Å². The summed E-state index contributed by atoms with van der Waals surface area (Å²) < 4.78 is 17.2. The fourth-order valence-electron chi connectivity index (χ4n) is 4.59. The predicted octanol–water partition coefficient (Wildman–Crippen LogP) is 3.87. The largest absolute Gasteiger partial charge is 0.450 e. The van der Waals surface area contributed by atoms with Crippen molar-refractivity contribution in [2.45, 2.75) is 38.6 Å². The van der Waals surface area contributed by atoms with E-state index in [0.29, 0.717) is 52.1 Å². The lowest BCUT2D eigenvalue weighted by atomic mass is 9.91. The van der Waals surface area contributed by atoms with E-state index in [-0.39, 0.29) is 11.5 Å². The molecular formula is C25H26N10O2. The molecule has 5 aromatic rings. The van der Waals surface area contributed by atoms with Crippen LogP contribution < -0.4 is 10.1 Å². The van der Waals surface area contributed by atoms with Crippen molar-refractivity contribution in [1.29, 1.82) is 5.26 Å². The highest BCUT2D eigenvalue weighted by Crippen LogP contribution is 2.34. The summed E-state index contributed by atoms with van der Waals surface area (Å²) >= 11 is 0. The van der Waals surface area contributed by atoms with Crippen molar-refractivity contribution in [1.82, 2.24) is 38.9 Å². The Morgan fingerprint density at radius 2 is 2.08 bits per heavy atom. The van der Waals surface area contributed by atoms with E-state index in [1.165, 1.54) is 6.20 Å². The molecule has 1 atom stereocenters. The molecule has 1 fully saturated rings. The van der Waals surface area contributed by atoms with Crippen LogP contribution >= 0.6 is 0 Å². The first kappa shape index (κ1) is 22.9. The van der Waals surface area contributed by atoms with Crippen LogP contribution in [0.3, 0.4) is 0 Å². The fraction of sp³-hybridized carbons (Fsp3) is 0.360. The molecule has 1 aliphatic heterocycles. The van der Waals surface area contributed by atoms with Crippen molar-refractivity contribution in [3.05, 3.63) is 48.3 Å². The minimum Gasteiger partial charge on any atom is -0.450 e. The molecule has 0 bridgehead atoms. The molecule has 12 nitrogen and oxygen atoms in total. The monoisotopic (exact) mass is 498 g/mol. The fourth-order valence-corrected chi connectivity index (χ4v) is 4.59. The molecule has 0 amide bonds. The van der Waals surface area contributed by atoms with E-state index in [2.05, 4.69) is 56.9 Å². The number of anilines is 2. The van der Waals surface area contributed by atoms with E-state index < -0.39 is 0 Å². The van der Waals surface area contributed by atoms with Crippen LogP contribution in [0.25, 0.3) is 16.7 Å². The molecule has 0 aromatic carbocycles. The third-order valence-electron chi connectivity index (χ3n) is 6.48. The van der Waals surface area contributed by atoms with Crippen LogP contribution in [0.5, 0.6) is 11.5 Å². The first-order valence-corrected chi connectivity index (χ1v) is 12.0. The molecule has 1 aliphatic rings. The zero-order chi connectivity index (χ0) is 25.7. The first-order chi connectivity index (χ1) is 17.8. The van der Waals surface area contributed by atoms with Crippen molar-refractivity contribution in [2.75, 3.05) is 18.5 Å². The second-order valence-electron chi connectivity index (χ2n) is 10.0. The molecule has 0 aliphatic carbocycles. The smallest absolute Gasteiger partial charge is 0.210 e. The number of ether oxygens (including phenoxy) is 2. The van der Waals surface area contributed by atoms with Gasteiger partial charge in [0.1, 0.15) is 22.7 Å². The van der Waals surface area contributed by atoms with Crippen LogP contribution in [-0.4, -0.2) is 52.1 Å². The number of rotatable bonds is 5. The van der Waals surface area contributed by atoms with Gasteiger partial charge >= 0.3 is 0 Å². The van der Waals surface area contributed by atoms with Gasteiger partial charge in [0.05, 0.1) is 31.2 Å². The van der Waals surface area contributed by atoms with Gasteiger partial charge in [-0.3, -0.25) is 9.67 Å².